The third-order valence-corrected chi connectivity index (χ3v) is 5.00. The van der Waals surface area contributed by atoms with Crippen molar-refractivity contribution in [2.75, 3.05) is 18.8 Å². The predicted octanol–water partition coefficient (Wildman–Crippen LogP) is 0.414. The summed E-state index contributed by atoms with van der Waals surface area (Å²) in [7, 11) is -3.57. The van der Waals surface area contributed by atoms with Crippen LogP contribution in [0.4, 0.5) is 5.69 Å². The van der Waals surface area contributed by atoms with Crippen molar-refractivity contribution in [3.63, 3.8) is 0 Å². The summed E-state index contributed by atoms with van der Waals surface area (Å²) in [6.45, 7) is 2.11. The molecule has 0 radical (unpaired) electrons. The first-order valence-electron chi connectivity index (χ1n) is 5.46. The second kappa shape index (κ2) is 3.97. The van der Waals surface area contributed by atoms with E-state index in [9.17, 15) is 13.5 Å². The van der Waals surface area contributed by atoms with Gasteiger partial charge in [0, 0.05) is 13.1 Å². The van der Waals surface area contributed by atoms with Gasteiger partial charge in [-0.1, -0.05) is 19.1 Å². The lowest BCUT2D eigenvalue weighted by molar-refractivity contribution is -0.0613. The summed E-state index contributed by atoms with van der Waals surface area (Å²) in [5.41, 5.74) is 5.01. The highest BCUT2D eigenvalue weighted by atomic mass is 32.2. The number of benzene rings is 1. The van der Waals surface area contributed by atoms with Crippen LogP contribution in [0.5, 0.6) is 0 Å². The van der Waals surface area contributed by atoms with Crippen LogP contribution in [0.2, 0.25) is 0 Å². The number of nitrogens with zero attached hydrogens (tertiary/aromatic N) is 1. The van der Waals surface area contributed by atoms with E-state index in [1.807, 2.05) is 6.92 Å². The van der Waals surface area contributed by atoms with E-state index in [2.05, 4.69) is 0 Å². The minimum Gasteiger partial charge on any atom is -0.398 e. The molecule has 6 heteroatoms. The van der Waals surface area contributed by atoms with Gasteiger partial charge in [-0.3, -0.25) is 0 Å². The van der Waals surface area contributed by atoms with Crippen molar-refractivity contribution < 1.29 is 13.5 Å². The van der Waals surface area contributed by atoms with Gasteiger partial charge in [-0.2, -0.15) is 4.31 Å². The topological polar surface area (TPSA) is 83.6 Å². The lowest BCUT2D eigenvalue weighted by Gasteiger charge is -2.44. The summed E-state index contributed by atoms with van der Waals surface area (Å²) in [6.07, 6.45) is 0.545. The van der Waals surface area contributed by atoms with Crippen LogP contribution in [0.25, 0.3) is 0 Å². The number of hydrogen-bond acceptors (Lipinski definition) is 4. The molecular formula is C11H16N2O3S. The van der Waals surface area contributed by atoms with E-state index in [1.54, 1.807) is 18.2 Å². The van der Waals surface area contributed by atoms with Crippen LogP contribution in [0.1, 0.15) is 13.3 Å². The van der Waals surface area contributed by atoms with Gasteiger partial charge in [-0.15, -0.1) is 0 Å². The van der Waals surface area contributed by atoms with Crippen LogP contribution in [-0.4, -0.2) is 36.5 Å². The van der Waals surface area contributed by atoms with Crippen molar-refractivity contribution in [3.05, 3.63) is 24.3 Å². The number of sulfonamides is 1. The SMILES string of the molecule is CCC1(O)CN(S(=O)(=O)c2ccccc2N)C1. The first kappa shape index (κ1) is 12.3. The maximum atomic E-state index is 12.2. The van der Waals surface area contributed by atoms with Crippen LogP contribution in [0.3, 0.4) is 0 Å². The largest absolute Gasteiger partial charge is 0.398 e. The van der Waals surface area contributed by atoms with Crippen molar-refractivity contribution in [1.29, 1.82) is 0 Å². The van der Waals surface area contributed by atoms with Crippen molar-refractivity contribution in [3.8, 4) is 0 Å². The maximum absolute atomic E-state index is 12.2. The number of anilines is 1. The van der Waals surface area contributed by atoms with Crippen LogP contribution in [0, 0.1) is 0 Å². The monoisotopic (exact) mass is 256 g/mol. The summed E-state index contributed by atoms with van der Waals surface area (Å²) in [4.78, 5) is 0.109. The summed E-state index contributed by atoms with van der Waals surface area (Å²) < 4.78 is 25.6. The van der Waals surface area contributed by atoms with Gasteiger partial charge in [0.15, 0.2) is 0 Å². The molecule has 0 amide bonds. The van der Waals surface area contributed by atoms with Crippen molar-refractivity contribution in [1.82, 2.24) is 4.31 Å². The number of β-amino-alcohol motifs (C(OH)–C–C–N with tert-alkyl or cyclic N) is 1. The smallest absolute Gasteiger partial charge is 0.245 e. The minimum absolute atomic E-state index is 0.109. The number of rotatable bonds is 3. The van der Waals surface area contributed by atoms with Crippen LogP contribution in [0.15, 0.2) is 29.2 Å². The number of hydrogen-bond donors (Lipinski definition) is 2. The van der Waals surface area contributed by atoms with Gasteiger partial charge in [0.1, 0.15) is 4.90 Å². The highest BCUT2D eigenvalue weighted by Crippen LogP contribution is 2.31. The second-order valence-corrected chi connectivity index (χ2v) is 6.30. The van der Waals surface area contributed by atoms with Gasteiger partial charge in [-0.25, -0.2) is 8.42 Å². The Morgan fingerprint density at radius 2 is 2.00 bits per heavy atom. The Morgan fingerprint density at radius 1 is 1.41 bits per heavy atom. The van der Waals surface area contributed by atoms with E-state index in [0.717, 1.165) is 0 Å². The molecule has 1 aromatic carbocycles. The van der Waals surface area contributed by atoms with Crippen molar-refractivity contribution in [2.45, 2.75) is 23.8 Å². The maximum Gasteiger partial charge on any atom is 0.245 e. The Kier molecular flexibility index (Phi) is 2.89. The molecule has 0 bridgehead atoms. The third kappa shape index (κ3) is 2.03. The first-order valence-corrected chi connectivity index (χ1v) is 6.90. The number of para-hydroxylation sites is 1. The van der Waals surface area contributed by atoms with E-state index in [0.29, 0.717) is 6.42 Å². The molecule has 5 nitrogen and oxygen atoms in total. The van der Waals surface area contributed by atoms with Crippen molar-refractivity contribution in [2.24, 2.45) is 0 Å². The molecule has 0 saturated carbocycles. The Morgan fingerprint density at radius 3 is 2.53 bits per heavy atom. The van der Waals surface area contributed by atoms with Gasteiger partial charge in [0.25, 0.3) is 0 Å². The molecule has 1 fully saturated rings. The zero-order chi connectivity index (χ0) is 12.7. The lowest BCUT2D eigenvalue weighted by Crippen LogP contribution is -2.62. The van der Waals surface area contributed by atoms with E-state index in [4.69, 9.17) is 5.73 Å². The molecule has 1 heterocycles. The summed E-state index contributed by atoms with van der Waals surface area (Å²) in [5, 5.41) is 9.83. The Balaban J connectivity index is 2.26. The van der Waals surface area contributed by atoms with Crippen LogP contribution in [-0.2, 0) is 10.0 Å². The van der Waals surface area contributed by atoms with E-state index in [-0.39, 0.29) is 23.7 Å². The molecule has 1 saturated heterocycles. The lowest BCUT2D eigenvalue weighted by atomic mass is 9.94. The summed E-state index contributed by atoms with van der Waals surface area (Å²) in [6, 6.07) is 6.36. The minimum atomic E-state index is -3.57. The molecular weight excluding hydrogens is 240 g/mol. The Hall–Kier alpha value is -1.11. The molecule has 2 rings (SSSR count). The summed E-state index contributed by atoms with van der Waals surface area (Å²) in [5.74, 6) is 0. The average Bonchev–Trinajstić information content (AvgIpc) is 2.25. The molecule has 0 aromatic heterocycles. The highest BCUT2D eigenvalue weighted by molar-refractivity contribution is 7.89. The molecule has 17 heavy (non-hydrogen) atoms. The molecule has 3 N–H and O–H groups in total. The molecule has 1 aromatic rings. The van der Waals surface area contributed by atoms with Gasteiger partial charge < -0.3 is 10.8 Å². The normalized spacial score (nSPS) is 19.9. The summed E-state index contributed by atoms with van der Waals surface area (Å²) >= 11 is 0. The molecule has 0 spiro atoms. The molecule has 0 aliphatic carbocycles. The molecule has 94 valence electrons. The predicted molar refractivity (Wildman–Crippen MR) is 64.9 cm³/mol. The average molecular weight is 256 g/mol. The van der Waals surface area contributed by atoms with E-state index < -0.39 is 15.6 Å². The zero-order valence-electron chi connectivity index (χ0n) is 9.63. The molecule has 1 aliphatic heterocycles. The van der Waals surface area contributed by atoms with E-state index in [1.165, 1.54) is 10.4 Å². The zero-order valence-corrected chi connectivity index (χ0v) is 10.4. The van der Waals surface area contributed by atoms with E-state index >= 15 is 0 Å². The fourth-order valence-electron chi connectivity index (χ4n) is 1.86. The van der Waals surface area contributed by atoms with Crippen LogP contribution < -0.4 is 5.73 Å². The fraction of sp³-hybridized carbons (Fsp3) is 0.455. The first-order chi connectivity index (χ1) is 7.89. The van der Waals surface area contributed by atoms with Gasteiger partial charge >= 0.3 is 0 Å². The van der Waals surface area contributed by atoms with Crippen molar-refractivity contribution >= 4 is 15.7 Å². The van der Waals surface area contributed by atoms with Gasteiger partial charge in [0.2, 0.25) is 10.0 Å². The number of aliphatic hydroxyl groups is 1. The van der Waals surface area contributed by atoms with Gasteiger partial charge in [-0.05, 0) is 18.6 Å². The highest BCUT2D eigenvalue weighted by Gasteiger charge is 2.46. The van der Waals surface area contributed by atoms with Gasteiger partial charge in [0.05, 0.1) is 11.3 Å². The fourth-order valence-corrected chi connectivity index (χ4v) is 3.57. The van der Waals surface area contributed by atoms with Crippen LogP contribution >= 0.6 is 0 Å². The number of nitrogens with two attached hydrogens (primary N) is 1. The molecule has 0 atom stereocenters. The number of nitrogen functional groups attached to an aromatic ring is 1. The molecule has 1 aliphatic rings. The Labute approximate surface area is 101 Å². The Bertz CT molecular complexity index is 521. The standard InChI is InChI=1S/C11H16N2O3S/c1-2-11(14)7-13(8-11)17(15,16)10-6-4-3-5-9(10)12/h3-6,14H,2,7-8,12H2,1H3. The quantitative estimate of drug-likeness (QED) is 0.767. The second-order valence-electron chi connectivity index (χ2n) is 4.39. The third-order valence-electron chi connectivity index (χ3n) is 3.14. The molecule has 0 unspecified atom stereocenters.